The van der Waals surface area contributed by atoms with E-state index in [0.29, 0.717) is 5.69 Å². The van der Waals surface area contributed by atoms with Gasteiger partial charge in [0.1, 0.15) is 0 Å². The quantitative estimate of drug-likeness (QED) is 0.166. The Labute approximate surface area is 273 Å². The van der Waals surface area contributed by atoms with E-state index in [0.717, 1.165) is 46.0 Å². The second-order valence-corrected chi connectivity index (χ2v) is 9.20. The molecule has 9 heteroatoms. The van der Waals surface area contributed by atoms with Crippen molar-refractivity contribution in [2.24, 2.45) is 0 Å². The molecule has 0 radical (unpaired) electrons. The first-order chi connectivity index (χ1) is 21.6. The molecule has 0 aliphatic heterocycles. The largest absolute Gasteiger partial charge is 3.00 e. The summed E-state index contributed by atoms with van der Waals surface area (Å²) >= 11 is 0. The van der Waals surface area contributed by atoms with Gasteiger partial charge in [-0.1, -0.05) is 84.4 Å². The van der Waals surface area contributed by atoms with Crippen LogP contribution in [0.2, 0.25) is 0 Å². The van der Waals surface area contributed by atoms with Crippen LogP contribution in [-0.4, -0.2) is 24.5 Å². The molecule has 0 aliphatic rings. The molecule has 7 aromatic rings. The van der Waals surface area contributed by atoms with Crippen LogP contribution >= 0.6 is 0 Å². The summed E-state index contributed by atoms with van der Waals surface area (Å²) in [6, 6.07) is 43.2. The van der Waals surface area contributed by atoms with Crippen LogP contribution in [0.5, 0.6) is 0 Å². The SMILES string of the molecule is Fc1c[c-]c(-c2ccccn2)c(F)c1.[C-]#N.[Ir+3].[c-]1c(-n2ccc(-c3ccccc3)n2)cccc1-n1ccc(-c2ccccc2)n1. The van der Waals surface area contributed by atoms with Gasteiger partial charge < -0.3 is 16.8 Å². The van der Waals surface area contributed by atoms with Crippen molar-refractivity contribution in [2.45, 2.75) is 0 Å². The van der Waals surface area contributed by atoms with Gasteiger partial charge in [0.25, 0.3) is 0 Å². The Bertz CT molecular complexity index is 1860. The van der Waals surface area contributed by atoms with Crippen molar-refractivity contribution in [3.05, 3.63) is 170 Å². The molecule has 0 fully saturated rings. The minimum atomic E-state index is -0.649. The number of rotatable bonds is 5. The molecule has 45 heavy (non-hydrogen) atoms. The summed E-state index contributed by atoms with van der Waals surface area (Å²) in [5.41, 5.74) is 6.44. The number of pyridine rings is 1. The fourth-order valence-corrected chi connectivity index (χ4v) is 4.31. The molecule has 0 bridgehead atoms. The van der Waals surface area contributed by atoms with Crippen molar-refractivity contribution in [3.63, 3.8) is 0 Å². The van der Waals surface area contributed by atoms with E-state index in [2.05, 4.69) is 41.4 Å². The van der Waals surface area contributed by atoms with Gasteiger partial charge in [-0.2, -0.15) is 16.3 Å². The Hall–Kier alpha value is -5.55. The molecule has 4 aromatic carbocycles. The molecule has 0 amide bonds. The summed E-state index contributed by atoms with van der Waals surface area (Å²) in [5.74, 6) is -1.29. The second kappa shape index (κ2) is 15.8. The van der Waals surface area contributed by atoms with Crippen LogP contribution < -0.4 is 0 Å². The van der Waals surface area contributed by atoms with E-state index in [1.165, 1.54) is 0 Å². The first kappa shape index (κ1) is 32.4. The number of aromatic nitrogens is 5. The predicted molar refractivity (Wildman–Crippen MR) is 164 cm³/mol. The number of nitrogens with zero attached hydrogens (tertiary/aromatic N) is 6. The Morgan fingerprint density at radius 2 is 1.16 bits per heavy atom. The molecular formula is C36H23F2IrN6. The molecule has 0 N–H and O–H groups in total. The van der Waals surface area contributed by atoms with Crippen LogP contribution in [0, 0.1) is 35.6 Å². The molecule has 0 aliphatic carbocycles. The summed E-state index contributed by atoms with van der Waals surface area (Å²) in [6.45, 7) is 4.75. The molecule has 3 aromatic heterocycles. The van der Waals surface area contributed by atoms with Gasteiger partial charge in [0.15, 0.2) is 0 Å². The molecule has 0 atom stereocenters. The molecule has 0 saturated carbocycles. The first-order valence-electron chi connectivity index (χ1n) is 13.4. The molecule has 0 spiro atoms. The van der Waals surface area contributed by atoms with Crippen molar-refractivity contribution in [1.29, 1.82) is 5.26 Å². The van der Waals surface area contributed by atoms with Crippen molar-refractivity contribution < 1.29 is 28.9 Å². The van der Waals surface area contributed by atoms with E-state index in [4.69, 9.17) is 22.0 Å². The van der Waals surface area contributed by atoms with Crippen LogP contribution in [0.4, 0.5) is 8.78 Å². The van der Waals surface area contributed by atoms with Gasteiger partial charge in [0.05, 0.1) is 11.4 Å². The van der Waals surface area contributed by atoms with E-state index >= 15 is 0 Å². The molecule has 6 nitrogen and oxygen atoms in total. The number of benzene rings is 4. The summed E-state index contributed by atoms with van der Waals surface area (Å²) in [5, 5.41) is 15.6. The smallest absolute Gasteiger partial charge is 0.512 e. The summed E-state index contributed by atoms with van der Waals surface area (Å²) in [6.07, 6.45) is 5.46. The van der Waals surface area contributed by atoms with Gasteiger partial charge in [-0.15, -0.1) is 30.3 Å². The minimum absolute atomic E-state index is 0. The van der Waals surface area contributed by atoms with Crippen LogP contribution in [0.1, 0.15) is 0 Å². The third-order valence-corrected chi connectivity index (χ3v) is 6.35. The fourth-order valence-electron chi connectivity index (χ4n) is 4.31. The molecule has 3 heterocycles. The van der Waals surface area contributed by atoms with Gasteiger partial charge in [0.2, 0.25) is 0 Å². The van der Waals surface area contributed by atoms with Crippen LogP contribution in [0.3, 0.4) is 0 Å². The van der Waals surface area contributed by atoms with Crippen molar-refractivity contribution in [3.8, 4) is 45.1 Å². The number of halogens is 2. The van der Waals surface area contributed by atoms with Gasteiger partial charge in [0, 0.05) is 41.4 Å². The Kier molecular flexibility index (Phi) is 11.4. The van der Waals surface area contributed by atoms with Crippen molar-refractivity contribution >= 4 is 0 Å². The normalized spacial score (nSPS) is 9.96. The predicted octanol–water partition coefficient (Wildman–Crippen LogP) is 8.11. The maximum Gasteiger partial charge on any atom is 3.00 e. The van der Waals surface area contributed by atoms with Crippen LogP contribution in [0.25, 0.3) is 45.1 Å². The third kappa shape index (κ3) is 8.09. The van der Waals surface area contributed by atoms with E-state index in [1.807, 2.05) is 88.5 Å². The standard InChI is InChI=1S/C24H17N4.C11H6F2N.CN.Ir/c1-3-8-19(9-4-1)23-14-16-27(25-23)21-12-7-13-22(18-21)28-17-15-24(26-28)20-10-5-2-6-11-20;12-8-4-5-9(10(13)7-8)11-3-1-2-6-14-11;1-2;/h1-17H;1-4,6-7H;;/q3*-1;+3. The zero-order chi connectivity index (χ0) is 30.7. The van der Waals surface area contributed by atoms with E-state index < -0.39 is 11.6 Å². The maximum absolute atomic E-state index is 13.2. The number of hydrogen-bond donors (Lipinski definition) is 0. The number of hydrogen-bond acceptors (Lipinski definition) is 4. The van der Waals surface area contributed by atoms with Crippen molar-refractivity contribution in [1.82, 2.24) is 24.5 Å². The second-order valence-electron chi connectivity index (χ2n) is 9.20. The van der Waals surface area contributed by atoms with Crippen LogP contribution in [-0.2, 0) is 20.1 Å². The monoisotopic (exact) mass is 770 g/mol. The Morgan fingerprint density at radius 3 is 1.64 bits per heavy atom. The molecule has 220 valence electrons. The topological polar surface area (TPSA) is 72.3 Å². The van der Waals surface area contributed by atoms with Crippen molar-refractivity contribution in [2.75, 3.05) is 0 Å². The third-order valence-electron chi connectivity index (χ3n) is 6.35. The average Bonchev–Trinajstić information content (AvgIpc) is 3.79. The molecule has 0 saturated heterocycles. The Morgan fingerprint density at radius 1 is 0.622 bits per heavy atom. The van der Waals surface area contributed by atoms with E-state index in [-0.39, 0.29) is 25.7 Å². The van der Waals surface area contributed by atoms with Crippen LogP contribution in [0.15, 0.2) is 140 Å². The molecule has 7 rings (SSSR count). The molecular weight excluding hydrogens is 747 g/mol. The maximum atomic E-state index is 13.2. The minimum Gasteiger partial charge on any atom is -0.512 e. The summed E-state index contributed by atoms with van der Waals surface area (Å²) in [4.78, 5) is 3.95. The Balaban J connectivity index is 0.000000229. The van der Waals surface area contributed by atoms with Gasteiger partial charge in [-0.25, -0.2) is 0 Å². The summed E-state index contributed by atoms with van der Waals surface area (Å²) < 4.78 is 29.5. The van der Waals surface area contributed by atoms with Gasteiger partial charge >= 0.3 is 20.1 Å². The zero-order valence-corrected chi connectivity index (χ0v) is 25.9. The van der Waals surface area contributed by atoms with E-state index in [9.17, 15) is 8.78 Å². The zero-order valence-electron chi connectivity index (χ0n) is 23.6. The van der Waals surface area contributed by atoms with E-state index in [1.54, 1.807) is 24.4 Å². The fraction of sp³-hybridized carbons (Fsp3) is 0. The average molecular weight is 770 g/mol. The first-order valence-corrected chi connectivity index (χ1v) is 13.4. The molecule has 0 unspecified atom stereocenters. The van der Waals surface area contributed by atoms with Gasteiger partial charge in [-0.05, 0) is 35.3 Å². The summed E-state index contributed by atoms with van der Waals surface area (Å²) in [7, 11) is 0. The van der Waals surface area contributed by atoms with Gasteiger partial charge in [-0.3, -0.25) is 18.1 Å².